The molecule has 1 aromatic carbocycles. The zero-order chi connectivity index (χ0) is 56.8. The molecular weight excluding hydrogens is 1010 g/mol. The number of nitrogens with two attached hydrogens (primary N) is 4. The first-order valence-corrected chi connectivity index (χ1v) is 25.8. The third-order valence-electron chi connectivity index (χ3n) is 11.7. The average Bonchev–Trinajstić information content (AvgIpc) is 4.00. The first-order valence-electron chi connectivity index (χ1n) is 24.4. The second-order valence-corrected chi connectivity index (χ2v) is 19.8. The first kappa shape index (κ1) is 62.4. The maximum Gasteiger partial charge on any atom is 0.243 e. The van der Waals surface area contributed by atoms with Crippen LogP contribution in [0, 0.1) is 11.8 Å². The van der Waals surface area contributed by atoms with Crippen LogP contribution in [0.4, 0.5) is 0 Å². The molecule has 0 saturated carbocycles. The number of carbonyl (C=O) groups is 12. The zero-order valence-electron chi connectivity index (χ0n) is 43.3. The Morgan fingerprint density at radius 2 is 1.30 bits per heavy atom. The van der Waals surface area contributed by atoms with Gasteiger partial charge in [0.25, 0.3) is 0 Å². The van der Waals surface area contributed by atoms with Gasteiger partial charge in [0, 0.05) is 42.7 Å². The van der Waals surface area contributed by atoms with E-state index in [1.165, 1.54) is 42.0 Å². The lowest BCUT2D eigenvalue weighted by Crippen LogP contribution is -2.59. The van der Waals surface area contributed by atoms with Crippen LogP contribution in [-0.2, 0) is 70.4 Å². The topological polar surface area (TPSA) is 439 Å². The predicted molar refractivity (Wildman–Crippen MR) is 279 cm³/mol. The van der Waals surface area contributed by atoms with E-state index in [-0.39, 0.29) is 38.0 Å². The van der Waals surface area contributed by atoms with Gasteiger partial charge in [-0.3, -0.25) is 62.1 Å². The number of para-hydroxylation sites is 1. The van der Waals surface area contributed by atoms with Crippen LogP contribution < -0.4 is 65.5 Å². The van der Waals surface area contributed by atoms with E-state index < -0.39 is 139 Å². The van der Waals surface area contributed by atoms with E-state index in [0.717, 1.165) is 0 Å². The van der Waals surface area contributed by atoms with Gasteiger partial charge in [0.05, 0.1) is 30.9 Å². The predicted octanol–water partition coefficient (Wildman–Crippen LogP) is -3.87. The van der Waals surface area contributed by atoms with Gasteiger partial charge >= 0.3 is 0 Å². The molecule has 8 atom stereocenters. The molecule has 0 spiro atoms. The Morgan fingerprint density at radius 1 is 0.697 bits per heavy atom. The van der Waals surface area contributed by atoms with Gasteiger partial charge in [-0.15, -0.1) is 0 Å². The third-order valence-corrected chi connectivity index (χ3v) is 12.4. The van der Waals surface area contributed by atoms with Gasteiger partial charge in [0.2, 0.25) is 71.4 Å². The fourth-order valence-electron chi connectivity index (χ4n) is 7.68. The summed E-state index contributed by atoms with van der Waals surface area (Å²) in [5, 5.41) is 20.8. The molecule has 416 valence electrons. The minimum Gasteiger partial charge on any atom is -0.370 e. The number of hydrogen-bond donors (Lipinski definition) is 13. The summed E-state index contributed by atoms with van der Waals surface area (Å²) in [5.41, 5.74) is 23.1. The molecule has 0 aliphatic heterocycles. The van der Waals surface area contributed by atoms with Gasteiger partial charge in [-0.2, -0.15) is 11.8 Å². The summed E-state index contributed by atoms with van der Waals surface area (Å²) in [7, 11) is 0. The van der Waals surface area contributed by atoms with Crippen LogP contribution in [0.5, 0.6) is 0 Å². The van der Waals surface area contributed by atoms with Crippen molar-refractivity contribution in [3.05, 3.63) is 54.2 Å². The van der Waals surface area contributed by atoms with Gasteiger partial charge in [-0.1, -0.05) is 45.9 Å². The fraction of sp³-hybridized carbons (Fsp3) is 0.521. The number of aromatic amines is 1. The number of imidazole rings is 1. The van der Waals surface area contributed by atoms with E-state index in [4.69, 9.17) is 22.9 Å². The highest BCUT2D eigenvalue weighted by molar-refractivity contribution is 7.98. The van der Waals surface area contributed by atoms with Gasteiger partial charge in [-0.05, 0) is 61.7 Å². The Morgan fingerprint density at radius 3 is 1.89 bits per heavy atom. The van der Waals surface area contributed by atoms with Crippen molar-refractivity contribution >= 4 is 94.1 Å². The molecule has 0 saturated heterocycles. The van der Waals surface area contributed by atoms with Crippen LogP contribution in [0.25, 0.3) is 10.9 Å². The maximum atomic E-state index is 14.1. The van der Waals surface area contributed by atoms with Crippen molar-refractivity contribution in [3.63, 3.8) is 0 Å². The number of hydrogen-bond acceptors (Lipinski definition) is 15. The molecule has 0 bridgehead atoms. The molecule has 0 radical (unpaired) electrons. The van der Waals surface area contributed by atoms with Crippen molar-refractivity contribution < 1.29 is 57.5 Å². The molecule has 0 aliphatic rings. The van der Waals surface area contributed by atoms with Gasteiger partial charge in [0.1, 0.15) is 42.3 Å². The summed E-state index contributed by atoms with van der Waals surface area (Å²) in [6, 6.07) is -3.91. The normalized spacial score (nSPS) is 14.3. The molecule has 0 aliphatic carbocycles. The number of amides is 11. The van der Waals surface area contributed by atoms with Gasteiger partial charge < -0.3 is 70.5 Å². The number of fused-ring (bicyclic) bond motifs is 1. The van der Waals surface area contributed by atoms with E-state index in [1.54, 1.807) is 38.1 Å². The Hall–Kier alpha value is -7.88. The molecule has 0 fully saturated rings. The monoisotopic (exact) mass is 1080 g/mol. The molecule has 28 heteroatoms. The summed E-state index contributed by atoms with van der Waals surface area (Å²) >= 11 is 1.46. The number of aromatic nitrogens is 3. The fourth-order valence-corrected chi connectivity index (χ4v) is 8.15. The Labute approximate surface area is 442 Å². The molecule has 2 aromatic heterocycles. The van der Waals surface area contributed by atoms with Crippen molar-refractivity contribution in [2.45, 2.75) is 128 Å². The lowest BCUT2D eigenvalue weighted by Gasteiger charge is -2.27. The van der Waals surface area contributed by atoms with E-state index in [2.05, 4.69) is 52.5 Å². The zero-order valence-corrected chi connectivity index (χ0v) is 44.1. The maximum absolute atomic E-state index is 14.1. The minimum atomic E-state index is -1.52. The quantitative estimate of drug-likeness (QED) is 0.0260. The summed E-state index contributed by atoms with van der Waals surface area (Å²) in [6.45, 7) is 7.48. The van der Waals surface area contributed by atoms with Crippen LogP contribution in [0.15, 0.2) is 43.0 Å². The van der Waals surface area contributed by atoms with Crippen LogP contribution in [0.1, 0.15) is 78.0 Å². The van der Waals surface area contributed by atoms with Crippen LogP contribution in [0.3, 0.4) is 0 Å². The number of thioether (sulfide) groups is 1. The third kappa shape index (κ3) is 20.1. The number of primary amides is 3. The summed E-state index contributed by atoms with van der Waals surface area (Å²) < 4.78 is 1.26. The lowest BCUT2D eigenvalue weighted by molar-refractivity contribution is -0.135. The smallest absolute Gasteiger partial charge is 0.243 e. The van der Waals surface area contributed by atoms with Crippen LogP contribution >= 0.6 is 11.8 Å². The van der Waals surface area contributed by atoms with Gasteiger partial charge in [-0.25, -0.2) is 4.98 Å². The van der Waals surface area contributed by atoms with Crippen molar-refractivity contribution in [3.8, 4) is 0 Å². The van der Waals surface area contributed by atoms with Crippen molar-refractivity contribution in [2.75, 3.05) is 18.6 Å². The highest BCUT2D eigenvalue weighted by Crippen LogP contribution is 2.22. The molecule has 3 rings (SSSR count). The molecule has 3 aromatic rings. The molecule has 2 heterocycles. The Bertz CT molecular complexity index is 2550. The van der Waals surface area contributed by atoms with E-state index in [9.17, 15) is 57.5 Å². The average molecular weight is 1080 g/mol. The summed E-state index contributed by atoms with van der Waals surface area (Å²) in [4.78, 5) is 163. The number of nitrogens with zero attached hydrogens (tertiary/aromatic N) is 2. The van der Waals surface area contributed by atoms with Crippen molar-refractivity contribution in [2.24, 2.45) is 34.8 Å². The van der Waals surface area contributed by atoms with Crippen LogP contribution in [0.2, 0.25) is 0 Å². The number of rotatable bonds is 33. The van der Waals surface area contributed by atoms with Crippen LogP contribution in [-0.4, -0.2) is 153 Å². The number of carbonyl (C=O) groups excluding carboxylic acids is 12. The number of benzene rings is 1. The molecule has 11 amide bonds. The lowest BCUT2D eigenvalue weighted by atomic mass is 10.0. The SMILES string of the molecule is CSCC[C@@H](NC(=O)[C@H](CC(C)C)NC(=O)C(Cc1cnc[nH]1)NC(=O)CNC(=O)[C@@H](NC(=O)[C@H](C)NC(=O)[C@H](Cc1cn(C=O)c2ccccc12)NC(=O)[C@H](CCC(N)=O)NC(=O)[C@@H](N)CC(N)=O)C(C)C)C(N)=O. The first-order chi connectivity index (χ1) is 35.8. The number of H-pyrrole nitrogens is 1. The summed E-state index contributed by atoms with van der Waals surface area (Å²) in [6.07, 6.45) is 5.32. The molecule has 76 heavy (non-hydrogen) atoms. The summed E-state index contributed by atoms with van der Waals surface area (Å²) in [5.74, 6) is -9.45. The standard InChI is InChI=1S/C48H71N15O12S/c1-24(2)15-33(46(73)58-31(41(52)68)13-14-76-6)60-47(74)35(17-28-19-53-22-55-28)57-39(67)20-54-48(75)40(25(3)4)62-42(69)26(5)56-45(72)34(16-27-21-63(23-64)36-10-8-7-9-29(27)36)61-44(71)32(11-12-37(50)65)59-43(70)30(49)18-38(51)66/h7-10,19,21-26,30-35,40H,11-18,20,49H2,1-6H3,(H2,50,65)(H2,51,66)(H2,52,68)(H,53,55)(H,54,75)(H,56,72)(H,57,67)(H,58,73)(H,59,70)(H,60,74)(H,61,71)(H,62,69)/t26-,30-,31+,32-,33-,34-,35?,40-/m0/s1. The van der Waals surface area contributed by atoms with Gasteiger partial charge in [0.15, 0.2) is 0 Å². The highest BCUT2D eigenvalue weighted by Gasteiger charge is 2.34. The molecular formula is C48H71N15O12S. The molecule has 17 N–H and O–H groups in total. The molecule has 1 unspecified atom stereocenters. The minimum absolute atomic E-state index is 0.0937. The largest absolute Gasteiger partial charge is 0.370 e. The second-order valence-electron chi connectivity index (χ2n) is 18.8. The van der Waals surface area contributed by atoms with E-state index in [0.29, 0.717) is 34.3 Å². The van der Waals surface area contributed by atoms with Crippen molar-refractivity contribution in [1.82, 2.24) is 57.1 Å². The van der Waals surface area contributed by atoms with E-state index in [1.807, 2.05) is 20.1 Å². The molecule has 27 nitrogen and oxygen atoms in total. The second kappa shape index (κ2) is 30.5. The van der Waals surface area contributed by atoms with E-state index >= 15 is 0 Å². The highest BCUT2D eigenvalue weighted by atomic mass is 32.2. The number of nitrogens with one attached hydrogen (secondary N) is 9. The Balaban J connectivity index is 1.79. The Kier molecular flexibility index (Phi) is 25.0. The van der Waals surface area contributed by atoms with Crippen molar-refractivity contribution in [1.29, 1.82) is 0 Å².